The van der Waals surface area contributed by atoms with E-state index in [1.807, 2.05) is 0 Å². The van der Waals surface area contributed by atoms with Crippen LogP contribution in [0.25, 0.3) is 0 Å². The van der Waals surface area contributed by atoms with Gasteiger partial charge in [0.15, 0.2) is 29.1 Å². The molecule has 2 rings (SSSR count). The molecule has 0 radical (unpaired) electrons. The second-order valence-electron chi connectivity index (χ2n) is 3.49. The quantitative estimate of drug-likeness (QED) is 0.666. The van der Waals surface area contributed by atoms with E-state index >= 15 is 0 Å². The summed E-state index contributed by atoms with van der Waals surface area (Å²) in [6, 6.07) is 1.66. The highest BCUT2D eigenvalue weighted by Crippen LogP contribution is 2.24. The van der Waals surface area contributed by atoms with E-state index in [4.69, 9.17) is 0 Å². The highest BCUT2D eigenvalue weighted by atomic mass is 19.2. The highest BCUT2D eigenvalue weighted by molar-refractivity contribution is 5.58. The molecule has 2 N–H and O–H groups in total. The first-order chi connectivity index (χ1) is 9.02. The Morgan fingerprint density at radius 1 is 1.00 bits per heavy atom. The van der Waals surface area contributed by atoms with Crippen LogP contribution in [0.3, 0.4) is 0 Å². The minimum Gasteiger partial charge on any atom is -0.357 e. The summed E-state index contributed by atoms with van der Waals surface area (Å²) in [5, 5.41) is 4.79. The van der Waals surface area contributed by atoms with E-state index in [0.717, 1.165) is 18.3 Å². The molecule has 0 aliphatic carbocycles. The molecule has 0 aliphatic rings. The number of hydrogen-bond acceptors (Lipinski definition) is 4. The van der Waals surface area contributed by atoms with Gasteiger partial charge in [0.25, 0.3) is 0 Å². The number of nitrogens with one attached hydrogen (secondary N) is 2. The summed E-state index contributed by atoms with van der Waals surface area (Å²) in [4.78, 5) is 7.28. The van der Waals surface area contributed by atoms with Crippen LogP contribution in [0.4, 0.5) is 35.0 Å². The summed E-state index contributed by atoms with van der Waals surface area (Å²) < 4.78 is 52.6. The van der Waals surface area contributed by atoms with Crippen LogP contribution in [-0.2, 0) is 0 Å². The lowest BCUT2D eigenvalue weighted by Gasteiger charge is -2.09. The molecule has 0 spiro atoms. The number of nitrogens with zero attached hydrogens (tertiary/aromatic N) is 2. The Balaban J connectivity index is 2.39. The van der Waals surface area contributed by atoms with Crippen molar-refractivity contribution in [3.8, 4) is 0 Å². The standard InChI is InChI=1S/C11H8F4N4/c1-16-11-17-4-6(13)10(19-11)18-7-3-2-5(12)8(14)9(7)15/h2-4H,1H3,(H2,16,17,18,19). The first-order valence-corrected chi connectivity index (χ1v) is 5.13. The summed E-state index contributed by atoms with van der Waals surface area (Å²) in [5.41, 5.74) is -0.432. The number of hydrogen-bond donors (Lipinski definition) is 2. The van der Waals surface area contributed by atoms with E-state index in [1.165, 1.54) is 7.05 Å². The fourth-order valence-electron chi connectivity index (χ4n) is 1.33. The lowest BCUT2D eigenvalue weighted by molar-refractivity contribution is 0.449. The average molecular weight is 272 g/mol. The molecule has 2 aromatic rings. The van der Waals surface area contributed by atoms with Gasteiger partial charge >= 0.3 is 0 Å². The molecule has 0 amide bonds. The lowest BCUT2D eigenvalue weighted by atomic mass is 10.3. The van der Waals surface area contributed by atoms with Crippen molar-refractivity contribution in [2.24, 2.45) is 0 Å². The van der Waals surface area contributed by atoms with E-state index in [0.29, 0.717) is 0 Å². The molecule has 0 atom stereocenters. The van der Waals surface area contributed by atoms with Gasteiger partial charge in [0, 0.05) is 7.05 Å². The van der Waals surface area contributed by atoms with E-state index in [9.17, 15) is 17.6 Å². The summed E-state index contributed by atoms with van der Waals surface area (Å²) in [5.74, 6) is -5.56. The summed E-state index contributed by atoms with van der Waals surface area (Å²) in [7, 11) is 1.51. The van der Waals surface area contributed by atoms with Crippen LogP contribution in [0, 0.1) is 23.3 Å². The van der Waals surface area contributed by atoms with Gasteiger partial charge in [-0.1, -0.05) is 0 Å². The van der Waals surface area contributed by atoms with Gasteiger partial charge in [-0.25, -0.2) is 22.5 Å². The van der Waals surface area contributed by atoms with E-state index in [1.54, 1.807) is 0 Å². The average Bonchev–Trinajstić information content (AvgIpc) is 2.41. The minimum atomic E-state index is -1.65. The molecular weight excluding hydrogens is 264 g/mol. The van der Waals surface area contributed by atoms with Crippen molar-refractivity contribution in [3.05, 3.63) is 41.6 Å². The second kappa shape index (κ2) is 5.09. The molecule has 0 saturated carbocycles. The maximum Gasteiger partial charge on any atom is 0.224 e. The van der Waals surface area contributed by atoms with E-state index in [-0.39, 0.29) is 11.8 Å². The Morgan fingerprint density at radius 3 is 2.42 bits per heavy atom. The zero-order chi connectivity index (χ0) is 14.0. The maximum atomic E-state index is 13.4. The first-order valence-electron chi connectivity index (χ1n) is 5.13. The smallest absolute Gasteiger partial charge is 0.224 e. The summed E-state index contributed by atoms with van der Waals surface area (Å²) in [6.45, 7) is 0. The van der Waals surface area contributed by atoms with Gasteiger partial charge in [-0.2, -0.15) is 4.98 Å². The van der Waals surface area contributed by atoms with Crippen LogP contribution in [0.1, 0.15) is 0 Å². The van der Waals surface area contributed by atoms with Gasteiger partial charge in [-0.05, 0) is 12.1 Å². The summed E-state index contributed by atoms with van der Waals surface area (Å²) >= 11 is 0. The molecule has 1 heterocycles. The fraction of sp³-hybridized carbons (Fsp3) is 0.0909. The maximum absolute atomic E-state index is 13.4. The zero-order valence-electron chi connectivity index (χ0n) is 9.64. The van der Waals surface area contributed by atoms with E-state index < -0.39 is 29.0 Å². The SMILES string of the molecule is CNc1ncc(F)c(Nc2ccc(F)c(F)c2F)n1. The molecule has 0 bridgehead atoms. The third-order valence-electron chi connectivity index (χ3n) is 2.26. The molecule has 1 aromatic heterocycles. The molecule has 8 heteroatoms. The van der Waals surface area contributed by atoms with Crippen LogP contribution in [0.5, 0.6) is 0 Å². The number of halogens is 4. The van der Waals surface area contributed by atoms with Gasteiger partial charge in [0.1, 0.15) is 0 Å². The first kappa shape index (κ1) is 13.1. The number of rotatable bonds is 3. The molecular formula is C11H8F4N4. The second-order valence-corrected chi connectivity index (χ2v) is 3.49. The number of anilines is 3. The van der Waals surface area contributed by atoms with Crippen LogP contribution in [-0.4, -0.2) is 17.0 Å². The van der Waals surface area contributed by atoms with Crippen LogP contribution in [0.15, 0.2) is 18.3 Å². The summed E-state index contributed by atoms with van der Waals surface area (Å²) in [6.07, 6.45) is 0.860. The van der Waals surface area contributed by atoms with Crippen molar-refractivity contribution in [2.75, 3.05) is 17.7 Å². The Morgan fingerprint density at radius 2 is 1.74 bits per heavy atom. The van der Waals surface area contributed by atoms with Crippen molar-refractivity contribution in [2.45, 2.75) is 0 Å². The molecule has 0 unspecified atom stereocenters. The molecule has 1 aromatic carbocycles. The molecule has 0 fully saturated rings. The van der Waals surface area contributed by atoms with Crippen LogP contribution in [0.2, 0.25) is 0 Å². The third-order valence-corrected chi connectivity index (χ3v) is 2.26. The Labute approximate surface area is 105 Å². The van der Waals surface area contributed by atoms with Gasteiger partial charge in [-0.3, -0.25) is 0 Å². The van der Waals surface area contributed by atoms with Gasteiger partial charge in [0.2, 0.25) is 5.95 Å². The molecule has 100 valence electrons. The Kier molecular flexibility index (Phi) is 3.50. The zero-order valence-corrected chi connectivity index (χ0v) is 9.64. The molecule has 0 saturated heterocycles. The van der Waals surface area contributed by atoms with Crippen molar-refractivity contribution >= 4 is 17.5 Å². The Hall–Kier alpha value is -2.38. The number of benzene rings is 1. The monoisotopic (exact) mass is 272 g/mol. The Bertz CT molecular complexity index is 618. The fourth-order valence-corrected chi connectivity index (χ4v) is 1.33. The molecule has 4 nitrogen and oxygen atoms in total. The van der Waals surface area contributed by atoms with Crippen LogP contribution < -0.4 is 10.6 Å². The highest BCUT2D eigenvalue weighted by Gasteiger charge is 2.15. The predicted molar refractivity (Wildman–Crippen MR) is 61.1 cm³/mol. The van der Waals surface area contributed by atoms with Crippen molar-refractivity contribution in [3.63, 3.8) is 0 Å². The van der Waals surface area contributed by atoms with Gasteiger partial charge in [0.05, 0.1) is 11.9 Å². The van der Waals surface area contributed by atoms with Crippen molar-refractivity contribution in [1.82, 2.24) is 9.97 Å². The topological polar surface area (TPSA) is 49.8 Å². The number of aromatic nitrogens is 2. The van der Waals surface area contributed by atoms with Gasteiger partial charge in [-0.15, -0.1) is 0 Å². The third kappa shape index (κ3) is 2.56. The van der Waals surface area contributed by atoms with Gasteiger partial charge < -0.3 is 10.6 Å². The lowest BCUT2D eigenvalue weighted by Crippen LogP contribution is -2.05. The molecule has 19 heavy (non-hydrogen) atoms. The van der Waals surface area contributed by atoms with Crippen molar-refractivity contribution < 1.29 is 17.6 Å². The normalized spacial score (nSPS) is 10.4. The minimum absolute atomic E-state index is 0.0897. The van der Waals surface area contributed by atoms with E-state index in [2.05, 4.69) is 20.6 Å². The van der Waals surface area contributed by atoms with Crippen molar-refractivity contribution in [1.29, 1.82) is 0 Å². The predicted octanol–water partition coefficient (Wildman–Crippen LogP) is 2.82. The molecule has 0 aliphatic heterocycles. The largest absolute Gasteiger partial charge is 0.357 e. The van der Waals surface area contributed by atoms with Crippen LogP contribution >= 0.6 is 0 Å².